The quantitative estimate of drug-likeness (QED) is 0.814. The second-order valence-corrected chi connectivity index (χ2v) is 6.31. The summed E-state index contributed by atoms with van der Waals surface area (Å²) in [5.74, 6) is 0.561. The zero-order chi connectivity index (χ0) is 14.4. The molecule has 0 atom stereocenters. The monoisotopic (exact) mass is 294 g/mol. The Hall–Kier alpha value is -1.63. The largest absolute Gasteiger partial charge is 0.468 e. The third-order valence-electron chi connectivity index (χ3n) is 2.81. The number of sulfonamides is 1. The minimum absolute atomic E-state index is 0.0342. The first-order chi connectivity index (χ1) is 9.59. The predicted molar refractivity (Wildman–Crippen MR) is 77.4 cm³/mol. The summed E-state index contributed by atoms with van der Waals surface area (Å²) in [6, 6.07) is 11.0. The van der Waals surface area contributed by atoms with Crippen LogP contribution in [0.25, 0.3) is 0 Å². The molecule has 5 nitrogen and oxygen atoms in total. The Morgan fingerprint density at radius 3 is 2.35 bits per heavy atom. The zero-order valence-corrected chi connectivity index (χ0v) is 12.1. The maximum Gasteiger partial charge on any atom is 0.216 e. The maximum absolute atomic E-state index is 11.9. The Morgan fingerprint density at radius 2 is 1.75 bits per heavy atom. The van der Waals surface area contributed by atoms with Crippen LogP contribution in [0.3, 0.4) is 0 Å². The normalized spacial score (nSPS) is 11.7. The van der Waals surface area contributed by atoms with Gasteiger partial charge >= 0.3 is 0 Å². The molecule has 108 valence electrons. The molecule has 1 heterocycles. The zero-order valence-electron chi connectivity index (χ0n) is 11.3. The van der Waals surface area contributed by atoms with Crippen molar-refractivity contribution in [3.63, 3.8) is 0 Å². The minimum Gasteiger partial charge on any atom is -0.468 e. The lowest BCUT2D eigenvalue weighted by Crippen LogP contribution is -2.24. The summed E-state index contributed by atoms with van der Waals surface area (Å²) in [4.78, 5) is 0. The van der Waals surface area contributed by atoms with Crippen LogP contribution in [-0.4, -0.2) is 15.5 Å². The molecule has 0 aliphatic carbocycles. The summed E-state index contributed by atoms with van der Waals surface area (Å²) in [6.45, 7) is 0.941. The van der Waals surface area contributed by atoms with E-state index in [1.54, 1.807) is 12.1 Å². The van der Waals surface area contributed by atoms with Crippen molar-refractivity contribution >= 4 is 10.0 Å². The SMILES string of the molecule is CNCc1ccc(CS(=O)(=O)NCc2ccco2)cc1. The molecule has 0 fully saturated rings. The molecule has 0 aliphatic heterocycles. The lowest BCUT2D eigenvalue weighted by Gasteiger charge is -2.06. The van der Waals surface area contributed by atoms with Crippen LogP contribution in [0, 0.1) is 0 Å². The number of hydrogen-bond donors (Lipinski definition) is 2. The van der Waals surface area contributed by atoms with E-state index in [1.165, 1.54) is 6.26 Å². The summed E-state index contributed by atoms with van der Waals surface area (Å²) < 4.78 is 31.5. The molecule has 0 saturated carbocycles. The van der Waals surface area contributed by atoms with Gasteiger partial charge in [0.1, 0.15) is 5.76 Å². The Bertz CT molecular complexity index is 619. The van der Waals surface area contributed by atoms with Gasteiger partial charge in [-0.25, -0.2) is 13.1 Å². The molecule has 2 N–H and O–H groups in total. The van der Waals surface area contributed by atoms with Gasteiger partial charge in [-0.3, -0.25) is 0 Å². The highest BCUT2D eigenvalue weighted by atomic mass is 32.2. The van der Waals surface area contributed by atoms with Gasteiger partial charge in [0.05, 0.1) is 18.6 Å². The average Bonchev–Trinajstić information content (AvgIpc) is 2.92. The molecule has 0 bridgehead atoms. The van der Waals surface area contributed by atoms with Gasteiger partial charge in [-0.1, -0.05) is 24.3 Å². The summed E-state index contributed by atoms with van der Waals surface area (Å²) in [7, 11) is -1.49. The Kier molecular flexibility index (Phi) is 4.94. The topological polar surface area (TPSA) is 71.3 Å². The molecular weight excluding hydrogens is 276 g/mol. The molecule has 0 saturated heterocycles. The molecule has 2 aromatic rings. The molecule has 0 aliphatic rings. The Morgan fingerprint density at radius 1 is 1.05 bits per heavy atom. The van der Waals surface area contributed by atoms with E-state index in [2.05, 4.69) is 10.0 Å². The van der Waals surface area contributed by atoms with Crippen molar-refractivity contribution < 1.29 is 12.8 Å². The fourth-order valence-corrected chi connectivity index (χ4v) is 2.92. The van der Waals surface area contributed by atoms with Gasteiger partial charge in [0.25, 0.3) is 0 Å². The van der Waals surface area contributed by atoms with Crippen LogP contribution >= 0.6 is 0 Å². The first kappa shape index (κ1) is 14.8. The minimum atomic E-state index is -3.36. The standard InChI is InChI=1S/C14H18N2O3S/c1-15-9-12-4-6-13(7-5-12)11-20(17,18)16-10-14-3-2-8-19-14/h2-8,15-16H,9-11H2,1H3. The summed E-state index contributed by atoms with van der Waals surface area (Å²) >= 11 is 0. The van der Waals surface area contributed by atoms with E-state index in [-0.39, 0.29) is 12.3 Å². The molecule has 0 spiro atoms. The van der Waals surface area contributed by atoms with Crippen molar-refractivity contribution in [1.29, 1.82) is 0 Å². The lowest BCUT2D eigenvalue weighted by atomic mass is 10.1. The van der Waals surface area contributed by atoms with E-state index in [0.29, 0.717) is 5.76 Å². The van der Waals surface area contributed by atoms with Crippen molar-refractivity contribution in [3.8, 4) is 0 Å². The highest BCUT2D eigenvalue weighted by molar-refractivity contribution is 7.88. The van der Waals surface area contributed by atoms with Gasteiger partial charge in [-0.2, -0.15) is 0 Å². The second-order valence-electron chi connectivity index (χ2n) is 4.51. The number of benzene rings is 1. The number of hydrogen-bond acceptors (Lipinski definition) is 4. The van der Waals surface area contributed by atoms with Gasteiger partial charge in [-0.05, 0) is 30.3 Å². The fourth-order valence-electron chi connectivity index (χ4n) is 1.82. The van der Waals surface area contributed by atoms with Crippen molar-refractivity contribution in [3.05, 3.63) is 59.5 Å². The highest BCUT2D eigenvalue weighted by Crippen LogP contribution is 2.08. The van der Waals surface area contributed by atoms with E-state index in [9.17, 15) is 8.42 Å². The van der Waals surface area contributed by atoms with Crippen LogP contribution in [0.15, 0.2) is 47.1 Å². The molecule has 0 unspecified atom stereocenters. The predicted octanol–water partition coefficient (Wildman–Crippen LogP) is 1.62. The van der Waals surface area contributed by atoms with Gasteiger partial charge in [-0.15, -0.1) is 0 Å². The van der Waals surface area contributed by atoms with Crippen LogP contribution in [0.4, 0.5) is 0 Å². The van der Waals surface area contributed by atoms with Gasteiger partial charge < -0.3 is 9.73 Å². The van der Waals surface area contributed by atoms with Crippen LogP contribution in [-0.2, 0) is 28.9 Å². The number of furan rings is 1. The summed E-state index contributed by atoms with van der Waals surface area (Å²) in [5.41, 5.74) is 1.88. The van der Waals surface area contributed by atoms with E-state index in [4.69, 9.17) is 4.42 Å². The molecule has 1 aromatic heterocycles. The number of nitrogens with one attached hydrogen (secondary N) is 2. The van der Waals surface area contributed by atoms with Crippen molar-refractivity contribution in [2.45, 2.75) is 18.8 Å². The third-order valence-corrected chi connectivity index (χ3v) is 4.10. The van der Waals surface area contributed by atoms with Crippen molar-refractivity contribution in [2.75, 3.05) is 7.05 Å². The van der Waals surface area contributed by atoms with E-state index >= 15 is 0 Å². The average molecular weight is 294 g/mol. The highest BCUT2D eigenvalue weighted by Gasteiger charge is 2.12. The fraction of sp³-hybridized carbons (Fsp3) is 0.286. The van der Waals surface area contributed by atoms with E-state index in [0.717, 1.165) is 17.7 Å². The Balaban J connectivity index is 1.93. The van der Waals surface area contributed by atoms with Gasteiger partial charge in [0.2, 0.25) is 10.0 Å². The molecule has 6 heteroatoms. The number of rotatable bonds is 7. The molecule has 0 radical (unpaired) electrons. The Labute approximate surface area is 119 Å². The van der Waals surface area contributed by atoms with Crippen molar-refractivity contribution in [1.82, 2.24) is 10.0 Å². The van der Waals surface area contributed by atoms with E-state index in [1.807, 2.05) is 31.3 Å². The molecule has 2 rings (SSSR count). The van der Waals surface area contributed by atoms with Gasteiger partial charge in [0, 0.05) is 6.54 Å². The first-order valence-corrected chi connectivity index (χ1v) is 7.96. The van der Waals surface area contributed by atoms with Gasteiger partial charge in [0.15, 0.2) is 0 Å². The third kappa shape index (κ3) is 4.48. The molecule has 0 amide bonds. The molecular formula is C14H18N2O3S. The molecule has 1 aromatic carbocycles. The molecule has 20 heavy (non-hydrogen) atoms. The van der Waals surface area contributed by atoms with Crippen LogP contribution in [0.5, 0.6) is 0 Å². The van der Waals surface area contributed by atoms with Crippen molar-refractivity contribution in [2.24, 2.45) is 0 Å². The smallest absolute Gasteiger partial charge is 0.216 e. The van der Waals surface area contributed by atoms with Crippen LogP contribution in [0.2, 0.25) is 0 Å². The van der Waals surface area contributed by atoms with E-state index < -0.39 is 10.0 Å². The summed E-state index contributed by atoms with van der Waals surface area (Å²) in [5, 5.41) is 3.05. The first-order valence-electron chi connectivity index (χ1n) is 6.31. The summed E-state index contributed by atoms with van der Waals surface area (Å²) in [6.07, 6.45) is 1.52. The maximum atomic E-state index is 11.9. The van der Waals surface area contributed by atoms with Crippen LogP contribution < -0.4 is 10.0 Å². The lowest BCUT2D eigenvalue weighted by molar-refractivity contribution is 0.498. The second kappa shape index (κ2) is 6.69. The van der Waals surface area contributed by atoms with Crippen LogP contribution in [0.1, 0.15) is 16.9 Å².